The molecular weight excluding hydrogens is 204 g/mol. The Morgan fingerprint density at radius 2 is 1.75 bits per heavy atom. The van der Waals surface area contributed by atoms with Crippen LogP contribution in [-0.4, -0.2) is 60.6 Å². The number of hydrogen-bond donors (Lipinski definition) is 1. The van der Waals surface area contributed by atoms with Gasteiger partial charge in [-0.05, 0) is 26.9 Å². The predicted molar refractivity (Wildman–Crippen MR) is 66.3 cm³/mol. The molecule has 0 bridgehead atoms. The van der Waals surface area contributed by atoms with E-state index in [1.54, 1.807) is 0 Å². The highest BCUT2D eigenvalue weighted by atomic mass is 16.3. The van der Waals surface area contributed by atoms with Gasteiger partial charge in [0.05, 0.1) is 6.61 Å². The highest BCUT2D eigenvalue weighted by molar-refractivity contribution is 5.76. The second kappa shape index (κ2) is 8.53. The first-order valence-corrected chi connectivity index (χ1v) is 6.11. The van der Waals surface area contributed by atoms with E-state index >= 15 is 0 Å². The van der Waals surface area contributed by atoms with Crippen LogP contribution >= 0.6 is 0 Å². The molecule has 0 heterocycles. The fourth-order valence-electron chi connectivity index (χ4n) is 1.81. The summed E-state index contributed by atoms with van der Waals surface area (Å²) < 4.78 is 0. The van der Waals surface area contributed by atoms with E-state index in [9.17, 15) is 4.79 Å². The van der Waals surface area contributed by atoms with Crippen LogP contribution in [-0.2, 0) is 4.79 Å². The molecule has 96 valence electrons. The van der Waals surface area contributed by atoms with E-state index in [-0.39, 0.29) is 18.6 Å². The predicted octanol–water partition coefficient (Wildman–Crippen LogP) is 0.948. The average Bonchev–Trinajstić information content (AvgIpc) is 2.26. The normalized spacial score (nSPS) is 11.2. The molecule has 0 fully saturated rings. The van der Waals surface area contributed by atoms with Crippen LogP contribution in [0.3, 0.4) is 0 Å². The van der Waals surface area contributed by atoms with E-state index in [2.05, 4.69) is 13.8 Å². The molecule has 4 nitrogen and oxygen atoms in total. The maximum absolute atomic E-state index is 12.0. The lowest BCUT2D eigenvalue weighted by Gasteiger charge is -2.30. The van der Waals surface area contributed by atoms with Gasteiger partial charge >= 0.3 is 0 Å². The minimum absolute atomic E-state index is 0.0458. The molecule has 0 saturated heterocycles. The lowest BCUT2D eigenvalue weighted by atomic mass is 10.1. The molecule has 0 spiro atoms. The van der Waals surface area contributed by atoms with Gasteiger partial charge in [-0.2, -0.15) is 0 Å². The molecule has 0 aliphatic rings. The number of carbonyl (C=O) groups excluding carboxylic acids is 1. The Balaban J connectivity index is 4.32. The van der Waals surface area contributed by atoms with Crippen molar-refractivity contribution in [1.29, 1.82) is 0 Å². The smallest absolute Gasteiger partial charge is 0.224 e. The molecule has 0 radical (unpaired) electrons. The first kappa shape index (κ1) is 15.4. The standard InChI is InChI=1S/C12H26N2O2/c1-5-11(6-2)14(9-10-15)12(16)7-8-13(3)4/h11,15H,5-10H2,1-4H3. The van der Waals surface area contributed by atoms with Crippen molar-refractivity contribution in [1.82, 2.24) is 9.80 Å². The third-order valence-corrected chi connectivity index (χ3v) is 2.82. The number of amides is 1. The van der Waals surface area contributed by atoms with Crippen molar-refractivity contribution in [2.75, 3.05) is 33.8 Å². The summed E-state index contributed by atoms with van der Waals surface area (Å²) in [5.74, 6) is 0.149. The zero-order chi connectivity index (χ0) is 12.6. The minimum atomic E-state index is 0.0458. The Hall–Kier alpha value is -0.610. The summed E-state index contributed by atoms with van der Waals surface area (Å²) in [6.45, 7) is 5.43. The van der Waals surface area contributed by atoms with Crippen LogP contribution in [0.5, 0.6) is 0 Å². The van der Waals surface area contributed by atoms with Gasteiger partial charge in [-0.1, -0.05) is 13.8 Å². The number of hydrogen-bond acceptors (Lipinski definition) is 3. The molecule has 0 aliphatic heterocycles. The Morgan fingerprint density at radius 3 is 2.12 bits per heavy atom. The number of rotatable bonds is 8. The lowest BCUT2D eigenvalue weighted by Crippen LogP contribution is -2.42. The van der Waals surface area contributed by atoms with Crippen LogP contribution in [0, 0.1) is 0 Å². The van der Waals surface area contributed by atoms with Gasteiger partial charge in [0.2, 0.25) is 5.91 Å². The van der Waals surface area contributed by atoms with E-state index in [1.165, 1.54) is 0 Å². The quantitative estimate of drug-likeness (QED) is 0.675. The van der Waals surface area contributed by atoms with E-state index in [1.807, 2.05) is 23.9 Å². The molecule has 0 aliphatic carbocycles. The van der Waals surface area contributed by atoms with Crippen molar-refractivity contribution >= 4 is 5.91 Å². The SMILES string of the molecule is CCC(CC)N(CCO)C(=O)CCN(C)C. The molecule has 4 heteroatoms. The van der Waals surface area contributed by atoms with Crippen LogP contribution < -0.4 is 0 Å². The lowest BCUT2D eigenvalue weighted by molar-refractivity contribution is -0.134. The monoisotopic (exact) mass is 230 g/mol. The largest absolute Gasteiger partial charge is 0.395 e. The molecule has 1 N–H and O–H groups in total. The van der Waals surface area contributed by atoms with Crippen molar-refractivity contribution in [3.05, 3.63) is 0 Å². The van der Waals surface area contributed by atoms with Crippen LogP contribution in [0.15, 0.2) is 0 Å². The number of carbonyl (C=O) groups is 1. The molecule has 1 amide bonds. The zero-order valence-corrected chi connectivity index (χ0v) is 11.1. The van der Waals surface area contributed by atoms with Gasteiger partial charge in [0.15, 0.2) is 0 Å². The van der Waals surface area contributed by atoms with Crippen molar-refractivity contribution in [3.8, 4) is 0 Å². The zero-order valence-electron chi connectivity index (χ0n) is 11.1. The summed E-state index contributed by atoms with van der Waals surface area (Å²) in [5.41, 5.74) is 0. The van der Waals surface area contributed by atoms with Gasteiger partial charge in [-0.15, -0.1) is 0 Å². The maximum atomic E-state index is 12.0. The molecule has 0 atom stereocenters. The van der Waals surface area contributed by atoms with Gasteiger partial charge < -0.3 is 14.9 Å². The second-order valence-corrected chi connectivity index (χ2v) is 4.33. The molecule has 0 saturated carbocycles. The van der Waals surface area contributed by atoms with Gasteiger partial charge in [-0.25, -0.2) is 0 Å². The fraction of sp³-hybridized carbons (Fsp3) is 0.917. The van der Waals surface area contributed by atoms with E-state index in [0.717, 1.165) is 19.4 Å². The molecule has 0 rings (SSSR count). The minimum Gasteiger partial charge on any atom is -0.395 e. The maximum Gasteiger partial charge on any atom is 0.224 e. The number of aliphatic hydroxyl groups is 1. The van der Waals surface area contributed by atoms with Crippen LogP contribution in [0.4, 0.5) is 0 Å². The Bertz CT molecular complexity index is 191. The first-order valence-electron chi connectivity index (χ1n) is 6.11. The summed E-state index contributed by atoms with van der Waals surface area (Å²) in [4.78, 5) is 15.8. The van der Waals surface area contributed by atoms with Crippen LogP contribution in [0.1, 0.15) is 33.1 Å². The van der Waals surface area contributed by atoms with Crippen molar-refractivity contribution in [3.63, 3.8) is 0 Å². The number of aliphatic hydroxyl groups excluding tert-OH is 1. The van der Waals surface area contributed by atoms with Crippen molar-refractivity contribution in [2.45, 2.75) is 39.2 Å². The summed E-state index contributed by atoms with van der Waals surface area (Å²) in [7, 11) is 3.92. The van der Waals surface area contributed by atoms with Gasteiger partial charge in [0, 0.05) is 25.6 Å². The van der Waals surface area contributed by atoms with E-state index in [4.69, 9.17) is 5.11 Å². The Labute approximate surface area is 99.2 Å². The first-order chi connectivity index (χ1) is 7.56. The van der Waals surface area contributed by atoms with Crippen LogP contribution in [0.25, 0.3) is 0 Å². The van der Waals surface area contributed by atoms with Gasteiger partial charge in [-0.3, -0.25) is 4.79 Å². The number of nitrogens with zero attached hydrogens (tertiary/aromatic N) is 2. The summed E-state index contributed by atoms with van der Waals surface area (Å²) in [6, 6.07) is 0.266. The Morgan fingerprint density at radius 1 is 1.19 bits per heavy atom. The summed E-state index contributed by atoms with van der Waals surface area (Å²) in [5, 5.41) is 9.00. The summed E-state index contributed by atoms with van der Waals surface area (Å²) in [6.07, 6.45) is 2.43. The molecule has 0 aromatic rings. The highest BCUT2D eigenvalue weighted by Gasteiger charge is 2.19. The third kappa shape index (κ3) is 5.47. The average molecular weight is 230 g/mol. The molecule has 0 unspecified atom stereocenters. The van der Waals surface area contributed by atoms with Crippen molar-refractivity contribution in [2.24, 2.45) is 0 Å². The Kier molecular flexibility index (Phi) is 8.21. The summed E-state index contributed by atoms with van der Waals surface area (Å²) >= 11 is 0. The van der Waals surface area contributed by atoms with Gasteiger partial charge in [0.1, 0.15) is 0 Å². The van der Waals surface area contributed by atoms with E-state index in [0.29, 0.717) is 13.0 Å². The topological polar surface area (TPSA) is 43.8 Å². The molecular formula is C12H26N2O2. The third-order valence-electron chi connectivity index (χ3n) is 2.82. The molecule has 0 aromatic carbocycles. The molecule has 16 heavy (non-hydrogen) atoms. The highest BCUT2D eigenvalue weighted by Crippen LogP contribution is 2.10. The molecule has 0 aromatic heterocycles. The second-order valence-electron chi connectivity index (χ2n) is 4.33. The van der Waals surface area contributed by atoms with Gasteiger partial charge in [0.25, 0.3) is 0 Å². The van der Waals surface area contributed by atoms with E-state index < -0.39 is 0 Å². The fourth-order valence-corrected chi connectivity index (χ4v) is 1.81. The van der Waals surface area contributed by atoms with Crippen molar-refractivity contribution < 1.29 is 9.90 Å². The van der Waals surface area contributed by atoms with Crippen LogP contribution in [0.2, 0.25) is 0 Å².